The first-order valence-corrected chi connectivity index (χ1v) is 6.09. The maximum atomic E-state index is 3.49. The lowest BCUT2D eigenvalue weighted by molar-refractivity contribution is 0.304. The third-order valence-corrected chi connectivity index (χ3v) is 3.35. The second-order valence-corrected chi connectivity index (χ2v) is 4.44. The summed E-state index contributed by atoms with van der Waals surface area (Å²) in [4.78, 5) is 0. The summed E-state index contributed by atoms with van der Waals surface area (Å²) < 4.78 is 0. The first kappa shape index (κ1) is 11.0. The molecule has 0 amide bonds. The van der Waals surface area contributed by atoms with Gasteiger partial charge in [-0.3, -0.25) is 0 Å². The van der Waals surface area contributed by atoms with Gasteiger partial charge in [-0.1, -0.05) is 46.0 Å². The highest BCUT2D eigenvalue weighted by Gasteiger charge is 2.23. The fourth-order valence-electron chi connectivity index (χ4n) is 2.53. The molecule has 0 aliphatic carbocycles. The summed E-state index contributed by atoms with van der Waals surface area (Å²) in [7, 11) is 0. The molecule has 1 saturated heterocycles. The molecule has 0 radical (unpaired) electrons. The summed E-state index contributed by atoms with van der Waals surface area (Å²) in [5, 5.41) is 3.49. The smallest absolute Gasteiger partial charge is 0.00174 e. The Morgan fingerprint density at radius 2 is 2.08 bits per heavy atom. The number of rotatable bonds is 6. The lowest BCUT2D eigenvalue weighted by Gasteiger charge is -2.22. The maximum Gasteiger partial charge on any atom is -0.00174 e. The fraction of sp³-hybridized carbons (Fsp3) is 1.00. The first-order chi connectivity index (χ1) is 6.38. The van der Waals surface area contributed by atoms with Crippen molar-refractivity contribution in [2.45, 2.75) is 52.4 Å². The minimum Gasteiger partial charge on any atom is -0.316 e. The van der Waals surface area contributed by atoms with Gasteiger partial charge >= 0.3 is 0 Å². The van der Waals surface area contributed by atoms with Crippen LogP contribution in [0.5, 0.6) is 0 Å². The Morgan fingerprint density at radius 1 is 1.23 bits per heavy atom. The molecule has 1 nitrogen and oxygen atoms in total. The molecular formula is C12H25N. The van der Waals surface area contributed by atoms with Crippen LogP contribution in [0.25, 0.3) is 0 Å². The molecule has 1 rings (SSSR count). The fourth-order valence-corrected chi connectivity index (χ4v) is 2.53. The second kappa shape index (κ2) is 6.42. The quantitative estimate of drug-likeness (QED) is 0.667. The summed E-state index contributed by atoms with van der Waals surface area (Å²) >= 11 is 0. The van der Waals surface area contributed by atoms with Crippen LogP contribution < -0.4 is 5.32 Å². The summed E-state index contributed by atoms with van der Waals surface area (Å²) in [5.74, 6) is 2.01. The largest absolute Gasteiger partial charge is 0.316 e. The van der Waals surface area contributed by atoms with E-state index in [9.17, 15) is 0 Å². The highest BCUT2D eigenvalue weighted by atomic mass is 14.9. The van der Waals surface area contributed by atoms with Crippen molar-refractivity contribution in [3.8, 4) is 0 Å². The normalized spacial score (nSPS) is 24.9. The topological polar surface area (TPSA) is 12.0 Å². The van der Waals surface area contributed by atoms with Gasteiger partial charge in [-0.05, 0) is 31.3 Å². The number of unbranched alkanes of at least 4 members (excludes halogenated alkanes) is 1. The van der Waals surface area contributed by atoms with Gasteiger partial charge in [-0.25, -0.2) is 0 Å². The molecule has 1 fully saturated rings. The zero-order chi connectivity index (χ0) is 9.52. The molecule has 1 heteroatoms. The van der Waals surface area contributed by atoms with E-state index in [4.69, 9.17) is 0 Å². The highest BCUT2D eigenvalue weighted by Crippen LogP contribution is 2.27. The average Bonchev–Trinajstić information content (AvgIpc) is 2.65. The molecule has 2 unspecified atom stereocenters. The van der Waals surface area contributed by atoms with Crippen molar-refractivity contribution in [3.05, 3.63) is 0 Å². The van der Waals surface area contributed by atoms with Gasteiger partial charge in [0.25, 0.3) is 0 Å². The molecular weight excluding hydrogens is 158 g/mol. The monoisotopic (exact) mass is 183 g/mol. The molecule has 13 heavy (non-hydrogen) atoms. The third-order valence-electron chi connectivity index (χ3n) is 3.35. The van der Waals surface area contributed by atoms with E-state index in [2.05, 4.69) is 19.2 Å². The van der Waals surface area contributed by atoms with Crippen molar-refractivity contribution in [1.29, 1.82) is 0 Å². The van der Waals surface area contributed by atoms with E-state index in [-0.39, 0.29) is 0 Å². The van der Waals surface area contributed by atoms with Crippen LogP contribution in [0.15, 0.2) is 0 Å². The molecule has 1 aliphatic rings. The molecule has 0 aromatic carbocycles. The Balaban J connectivity index is 2.26. The summed E-state index contributed by atoms with van der Waals surface area (Å²) in [6.07, 6.45) is 8.50. The van der Waals surface area contributed by atoms with Crippen molar-refractivity contribution in [2.75, 3.05) is 13.1 Å². The van der Waals surface area contributed by atoms with Crippen LogP contribution in [-0.2, 0) is 0 Å². The van der Waals surface area contributed by atoms with E-state index in [1.54, 1.807) is 0 Å². The van der Waals surface area contributed by atoms with Crippen LogP contribution in [0, 0.1) is 11.8 Å². The summed E-state index contributed by atoms with van der Waals surface area (Å²) in [5.41, 5.74) is 0. The first-order valence-electron chi connectivity index (χ1n) is 6.09. The number of hydrogen-bond acceptors (Lipinski definition) is 1. The Kier molecular flexibility index (Phi) is 5.45. The summed E-state index contributed by atoms with van der Waals surface area (Å²) in [6, 6.07) is 0. The standard InChI is InChI=1S/C12H25N/c1-3-5-7-11(6-4-2)12-8-9-13-10-12/h11-13H,3-10H2,1-2H3. The molecule has 0 aromatic rings. The van der Waals surface area contributed by atoms with Crippen LogP contribution in [0.3, 0.4) is 0 Å². The lowest BCUT2D eigenvalue weighted by atomic mass is 9.84. The van der Waals surface area contributed by atoms with Gasteiger partial charge in [-0.2, -0.15) is 0 Å². The predicted octanol–water partition coefficient (Wildman–Crippen LogP) is 3.20. The zero-order valence-corrected chi connectivity index (χ0v) is 9.31. The molecule has 78 valence electrons. The van der Waals surface area contributed by atoms with Crippen LogP contribution in [0.1, 0.15) is 52.4 Å². The van der Waals surface area contributed by atoms with E-state index in [1.807, 2.05) is 0 Å². The molecule has 0 bridgehead atoms. The van der Waals surface area contributed by atoms with Crippen molar-refractivity contribution in [2.24, 2.45) is 11.8 Å². The number of nitrogens with one attached hydrogen (secondary N) is 1. The minimum absolute atomic E-state index is 0.992. The van der Waals surface area contributed by atoms with Crippen molar-refractivity contribution >= 4 is 0 Å². The minimum atomic E-state index is 0.992. The Labute approximate surface area is 83.3 Å². The van der Waals surface area contributed by atoms with Crippen molar-refractivity contribution in [3.63, 3.8) is 0 Å². The molecule has 0 aromatic heterocycles. The van der Waals surface area contributed by atoms with Gasteiger partial charge in [0.15, 0.2) is 0 Å². The Bertz CT molecular complexity index is 116. The third kappa shape index (κ3) is 3.68. The van der Waals surface area contributed by atoms with Gasteiger partial charge < -0.3 is 5.32 Å². The molecule has 1 aliphatic heterocycles. The van der Waals surface area contributed by atoms with E-state index in [0.29, 0.717) is 0 Å². The molecule has 2 atom stereocenters. The average molecular weight is 183 g/mol. The van der Waals surface area contributed by atoms with Crippen molar-refractivity contribution in [1.82, 2.24) is 5.32 Å². The Morgan fingerprint density at radius 3 is 2.62 bits per heavy atom. The van der Waals surface area contributed by atoms with Gasteiger partial charge in [-0.15, -0.1) is 0 Å². The number of hydrogen-bond donors (Lipinski definition) is 1. The maximum absolute atomic E-state index is 3.49. The zero-order valence-electron chi connectivity index (χ0n) is 9.31. The molecule has 1 heterocycles. The lowest BCUT2D eigenvalue weighted by Crippen LogP contribution is -2.18. The van der Waals surface area contributed by atoms with Gasteiger partial charge in [0.05, 0.1) is 0 Å². The van der Waals surface area contributed by atoms with Crippen molar-refractivity contribution < 1.29 is 0 Å². The second-order valence-electron chi connectivity index (χ2n) is 4.44. The van der Waals surface area contributed by atoms with Crippen LogP contribution in [0.2, 0.25) is 0 Å². The predicted molar refractivity (Wildman–Crippen MR) is 58.9 cm³/mol. The van der Waals surface area contributed by atoms with E-state index in [1.165, 1.54) is 51.6 Å². The van der Waals surface area contributed by atoms with Crippen LogP contribution in [-0.4, -0.2) is 13.1 Å². The van der Waals surface area contributed by atoms with E-state index in [0.717, 1.165) is 11.8 Å². The van der Waals surface area contributed by atoms with Crippen LogP contribution >= 0.6 is 0 Å². The van der Waals surface area contributed by atoms with E-state index >= 15 is 0 Å². The molecule has 0 saturated carbocycles. The van der Waals surface area contributed by atoms with Crippen LogP contribution in [0.4, 0.5) is 0 Å². The van der Waals surface area contributed by atoms with Gasteiger partial charge in [0.2, 0.25) is 0 Å². The van der Waals surface area contributed by atoms with Gasteiger partial charge in [0, 0.05) is 0 Å². The molecule has 1 N–H and O–H groups in total. The highest BCUT2D eigenvalue weighted by molar-refractivity contribution is 4.78. The van der Waals surface area contributed by atoms with Gasteiger partial charge in [0.1, 0.15) is 0 Å². The SMILES string of the molecule is CCCCC(CCC)C1CCNC1. The Hall–Kier alpha value is -0.0400. The molecule has 0 spiro atoms. The summed E-state index contributed by atoms with van der Waals surface area (Å²) in [6.45, 7) is 7.17. The van der Waals surface area contributed by atoms with E-state index < -0.39 is 0 Å².